The topological polar surface area (TPSA) is 63.3 Å². The Morgan fingerprint density at radius 3 is 2.75 bits per heavy atom. The maximum Gasteiger partial charge on any atom is 0.120 e. The molecule has 3 heteroatoms. The third-order valence-corrected chi connectivity index (χ3v) is 0.890. The molecule has 0 aromatic rings. The normalized spacial score (nSPS) is 13.2. The number of aldehydes is 1. The van der Waals surface area contributed by atoms with Crippen LogP contribution in [0.15, 0.2) is 0 Å². The van der Waals surface area contributed by atoms with Gasteiger partial charge in [0.1, 0.15) is 6.29 Å². The van der Waals surface area contributed by atoms with E-state index < -0.39 is 0 Å². The number of carbonyl (C=O) groups is 1. The van der Waals surface area contributed by atoms with Crippen molar-refractivity contribution >= 4 is 6.29 Å². The first kappa shape index (κ1) is 7.59. The van der Waals surface area contributed by atoms with Crippen LogP contribution in [0.3, 0.4) is 0 Å². The minimum absolute atomic E-state index is 0.0339. The molecule has 3 nitrogen and oxygen atoms in total. The van der Waals surface area contributed by atoms with Gasteiger partial charge >= 0.3 is 0 Å². The Morgan fingerprint density at radius 2 is 2.38 bits per heavy atom. The van der Waals surface area contributed by atoms with Gasteiger partial charge in [0.15, 0.2) is 0 Å². The van der Waals surface area contributed by atoms with Crippen molar-refractivity contribution in [1.82, 2.24) is 0 Å². The highest BCUT2D eigenvalue weighted by Crippen LogP contribution is 1.88. The smallest absolute Gasteiger partial charge is 0.120 e. The number of aliphatic hydroxyl groups excluding tert-OH is 1. The molecular formula is C5H11NO2. The van der Waals surface area contributed by atoms with E-state index in [1.807, 2.05) is 0 Å². The first-order valence-corrected chi connectivity index (χ1v) is 2.61. The molecule has 0 heterocycles. The SMILES string of the molecule is NC(CO)CCC=O. The van der Waals surface area contributed by atoms with Crippen LogP contribution in [0.2, 0.25) is 0 Å². The summed E-state index contributed by atoms with van der Waals surface area (Å²) < 4.78 is 0. The number of aliphatic hydroxyl groups is 1. The van der Waals surface area contributed by atoms with Crippen LogP contribution in [0.25, 0.3) is 0 Å². The number of hydrogen-bond acceptors (Lipinski definition) is 3. The minimum Gasteiger partial charge on any atom is -0.395 e. The second kappa shape index (κ2) is 4.74. The van der Waals surface area contributed by atoms with Gasteiger partial charge in [-0.1, -0.05) is 0 Å². The highest BCUT2D eigenvalue weighted by Gasteiger charge is 1.96. The average Bonchev–Trinajstić information content (AvgIpc) is 1.83. The molecule has 48 valence electrons. The largest absolute Gasteiger partial charge is 0.395 e. The zero-order chi connectivity index (χ0) is 6.41. The monoisotopic (exact) mass is 117 g/mol. The Bertz CT molecular complexity index is 65.4. The van der Waals surface area contributed by atoms with Gasteiger partial charge < -0.3 is 15.6 Å². The van der Waals surface area contributed by atoms with Crippen molar-refractivity contribution in [3.63, 3.8) is 0 Å². The fraction of sp³-hybridized carbons (Fsp3) is 0.800. The highest BCUT2D eigenvalue weighted by molar-refractivity contribution is 5.49. The van der Waals surface area contributed by atoms with E-state index >= 15 is 0 Å². The lowest BCUT2D eigenvalue weighted by Crippen LogP contribution is -2.23. The van der Waals surface area contributed by atoms with Gasteiger partial charge in [-0.15, -0.1) is 0 Å². The highest BCUT2D eigenvalue weighted by atomic mass is 16.3. The maximum atomic E-state index is 9.69. The molecule has 0 aromatic heterocycles. The van der Waals surface area contributed by atoms with E-state index in [9.17, 15) is 4.79 Å². The van der Waals surface area contributed by atoms with Crippen LogP contribution in [0, 0.1) is 0 Å². The molecule has 3 N–H and O–H groups in total. The lowest BCUT2D eigenvalue weighted by molar-refractivity contribution is -0.108. The Hall–Kier alpha value is -0.410. The summed E-state index contributed by atoms with van der Waals surface area (Å²) in [6.45, 7) is -0.0339. The molecule has 0 saturated heterocycles. The maximum absolute atomic E-state index is 9.69. The summed E-state index contributed by atoms with van der Waals surface area (Å²) in [6.07, 6.45) is 1.83. The van der Waals surface area contributed by atoms with Crippen LogP contribution >= 0.6 is 0 Å². The quantitative estimate of drug-likeness (QED) is 0.478. The van der Waals surface area contributed by atoms with Crippen LogP contribution in [0.4, 0.5) is 0 Å². The van der Waals surface area contributed by atoms with E-state index in [4.69, 9.17) is 10.8 Å². The Morgan fingerprint density at radius 1 is 1.75 bits per heavy atom. The number of nitrogens with two attached hydrogens (primary N) is 1. The summed E-state index contributed by atoms with van der Waals surface area (Å²) in [5.74, 6) is 0. The van der Waals surface area contributed by atoms with Crippen LogP contribution in [0.5, 0.6) is 0 Å². The lowest BCUT2D eigenvalue weighted by atomic mass is 10.2. The summed E-state index contributed by atoms with van der Waals surface area (Å²) in [6, 6.07) is -0.222. The molecule has 8 heavy (non-hydrogen) atoms. The molecule has 1 atom stereocenters. The predicted molar refractivity (Wildman–Crippen MR) is 30.4 cm³/mol. The van der Waals surface area contributed by atoms with E-state index in [-0.39, 0.29) is 12.6 Å². The molecular weight excluding hydrogens is 106 g/mol. The number of rotatable bonds is 4. The second-order valence-electron chi connectivity index (χ2n) is 1.69. The van der Waals surface area contributed by atoms with Crippen molar-refractivity contribution < 1.29 is 9.90 Å². The Kier molecular flexibility index (Phi) is 4.50. The van der Waals surface area contributed by atoms with Crippen LogP contribution in [0.1, 0.15) is 12.8 Å². The molecule has 0 rings (SSSR count). The van der Waals surface area contributed by atoms with Gasteiger partial charge in [-0.25, -0.2) is 0 Å². The van der Waals surface area contributed by atoms with E-state index in [2.05, 4.69) is 0 Å². The molecule has 0 radical (unpaired) electrons. The molecule has 0 fully saturated rings. The van der Waals surface area contributed by atoms with Crippen LogP contribution in [-0.4, -0.2) is 24.0 Å². The van der Waals surface area contributed by atoms with Crippen LogP contribution < -0.4 is 5.73 Å². The third-order valence-electron chi connectivity index (χ3n) is 0.890. The van der Waals surface area contributed by atoms with E-state index in [0.717, 1.165) is 6.29 Å². The number of hydrogen-bond donors (Lipinski definition) is 2. The van der Waals surface area contributed by atoms with Crippen molar-refractivity contribution in [3.8, 4) is 0 Å². The van der Waals surface area contributed by atoms with Gasteiger partial charge in [0.2, 0.25) is 0 Å². The van der Waals surface area contributed by atoms with Crippen LogP contribution in [-0.2, 0) is 4.79 Å². The van der Waals surface area contributed by atoms with Gasteiger partial charge in [0.25, 0.3) is 0 Å². The third kappa shape index (κ3) is 3.77. The molecule has 1 unspecified atom stereocenters. The number of carbonyl (C=O) groups excluding carboxylic acids is 1. The van der Waals surface area contributed by atoms with Gasteiger partial charge in [-0.3, -0.25) is 0 Å². The molecule has 0 aromatic carbocycles. The fourth-order valence-corrected chi connectivity index (χ4v) is 0.373. The fourth-order valence-electron chi connectivity index (χ4n) is 0.373. The van der Waals surface area contributed by atoms with Gasteiger partial charge in [0, 0.05) is 12.5 Å². The van der Waals surface area contributed by atoms with Crippen molar-refractivity contribution in [3.05, 3.63) is 0 Å². The standard InChI is InChI=1S/C5H11NO2/c6-5(4-8)2-1-3-7/h3,5,8H,1-2,4,6H2. The first-order valence-electron chi connectivity index (χ1n) is 2.61. The summed E-state index contributed by atoms with van der Waals surface area (Å²) in [7, 11) is 0. The molecule has 0 aliphatic rings. The molecule has 0 bridgehead atoms. The van der Waals surface area contributed by atoms with Crippen molar-refractivity contribution in [2.45, 2.75) is 18.9 Å². The Balaban J connectivity index is 2.97. The molecule has 0 saturated carbocycles. The average molecular weight is 117 g/mol. The van der Waals surface area contributed by atoms with Gasteiger partial charge in [-0.2, -0.15) is 0 Å². The second-order valence-corrected chi connectivity index (χ2v) is 1.69. The van der Waals surface area contributed by atoms with Crippen molar-refractivity contribution in [2.75, 3.05) is 6.61 Å². The zero-order valence-electron chi connectivity index (χ0n) is 4.71. The van der Waals surface area contributed by atoms with Crippen molar-refractivity contribution in [2.24, 2.45) is 5.73 Å². The molecule has 0 aliphatic carbocycles. The lowest BCUT2D eigenvalue weighted by Gasteiger charge is -2.01. The summed E-state index contributed by atoms with van der Waals surface area (Å²) in [5.41, 5.74) is 5.25. The zero-order valence-corrected chi connectivity index (χ0v) is 4.71. The summed E-state index contributed by atoms with van der Waals surface area (Å²) in [4.78, 5) is 9.69. The summed E-state index contributed by atoms with van der Waals surface area (Å²) in [5, 5.41) is 8.32. The molecule has 0 spiro atoms. The molecule has 0 amide bonds. The predicted octanol–water partition coefficient (Wildman–Crippen LogP) is -0.715. The van der Waals surface area contributed by atoms with E-state index in [1.54, 1.807) is 0 Å². The molecule has 0 aliphatic heterocycles. The summed E-state index contributed by atoms with van der Waals surface area (Å²) >= 11 is 0. The Labute approximate surface area is 48.5 Å². The first-order chi connectivity index (χ1) is 3.81. The van der Waals surface area contributed by atoms with Gasteiger partial charge in [-0.05, 0) is 6.42 Å². The van der Waals surface area contributed by atoms with E-state index in [0.29, 0.717) is 12.8 Å². The van der Waals surface area contributed by atoms with Gasteiger partial charge in [0.05, 0.1) is 6.61 Å². The van der Waals surface area contributed by atoms with Crippen molar-refractivity contribution in [1.29, 1.82) is 0 Å². The minimum atomic E-state index is -0.222. The van der Waals surface area contributed by atoms with E-state index in [1.165, 1.54) is 0 Å².